The van der Waals surface area contributed by atoms with Crippen LogP contribution in [0.25, 0.3) is 0 Å². The van der Waals surface area contributed by atoms with Crippen molar-refractivity contribution in [2.75, 3.05) is 6.54 Å². The number of rotatable bonds is 6. The molecule has 1 unspecified atom stereocenters. The number of hydrogen-bond acceptors (Lipinski definition) is 1. The van der Waals surface area contributed by atoms with E-state index in [1.807, 2.05) is 6.07 Å². The molecule has 0 heterocycles. The van der Waals surface area contributed by atoms with E-state index in [0.717, 1.165) is 29.4 Å². The van der Waals surface area contributed by atoms with Gasteiger partial charge in [-0.15, -0.1) is 0 Å². The molecular weight excluding hydrogens is 316 g/mol. The summed E-state index contributed by atoms with van der Waals surface area (Å²) in [5, 5.41) is 3.52. The van der Waals surface area contributed by atoms with Crippen LogP contribution in [0, 0.1) is 9.39 Å². The van der Waals surface area contributed by atoms with E-state index in [1.54, 1.807) is 12.1 Å². The van der Waals surface area contributed by atoms with Gasteiger partial charge >= 0.3 is 0 Å². The molecule has 1 aromatic rings. The third-order valence-electron chi connectivity index (χ3n) is 2.56. The van der Waals surface area contributed by atoms with E-state index >= 15 is 0 Å². The molecular formula is C13H19FIN. The molecule has 1 nitrogen and oxygen atoms in total. The largest absolute Gasteiger partial charge is 0.310 e. The van der Waals surface area contributed by atoms with Crippen molar-refractivity contribution in [2.24, 2.45) is 0 Å². The molecule has 0 bridgehead atoms. The quantitative estimate of drug-likeness (QED) is 0.766. The van der Waals surface area contributed by atoms with Crippen LogP contribution >= 0.6 is 22.6 Å². The van der Waals surface area contributed by atoms with Crippen molar-refractivity contribution >= 4 is 22.6 Å². The number of hydrogen-bond donors (Lipinski definition) is 1. The lowest BCUT2D eigenvalue weighted by Gasteiger charge is -2.19. The fraction of sp³-hybridized carbons (Fsp3) is 0.538. The van der Waals surface area contributed by atoms with Gasteiger partial charge in [0.25, 0.3) is 0 Å². The molecule has 0 aliphatic heterocycles. The molecule has 0 saturated heterocycles. The van der Waals surface area contributed by atoms with Crippen LogP contribution in [0.2, 0.25) is 0 Å². The zero-order valence-electron chi connectivity index (χ0n) is 9.89. The normalized spacial score (nSPS) is 12.8. The van der Waals surface area contributed by atoms with Crippen molar-refractivity contribution in [2.45, 2.75) is 39.2 Å². The minimum absolute atomic E-state index is 0.154. The van der Waals surface area contributed by atoms with Gasteiger partial charge in [-0.05, 0) is 59.7 Å². The molecule has 0 aliphatic rings. The summed E-state index contributed by atoms with van der Waals surface area (Å²) in [4.78, 5) is 0. The second kappa shape index (κ2) is 7.22. The van der Waals surface area contributed by atoms with Gasteiger partial charge in [-0.3, -0.25) is 0 Å². The standard InChI is InChI=1S/C13H19FIN/c1-3-5-13(16-8-4-2)11-7-6-10(14)9-12(11)15/h6-7,9,13,16H,3-5,8H2,1-2H3. The fourth-order valence-electron chi connectivity index (χ4n) is 1.76. The predicted molar refractivity (Wildman–Crippen MR) is 75.1 cm³/mol. The van der Waals surface area contributed by atoms with E-state index in [4.69, 9.17) is 0 Å². The summed E-state index contributed by atoms with van der Waals surface area (Å²) >= 11 is 2.21. The molecule has 0 aliphatic carbocycles. The van der Waals surface area contributed by atoms with Gasteiger partial charge in [-0.2, -0.15) is 0 Å². The van der Waals surface area contributed by atoms with Crippen molar-refractivity contribution in [3.8, 4) is 0 Å². The summed E-state index contributed by atoms with van der Waals surface area (Å²) in [5.74, 6) is -0.154. The lowest BCUT2D eigenvalue weighted by molar-refractivity contribution is 0.491. The maximum atomic E-state index is 13.0. The van der Waals surface area contributed by atoms with E-state index in [1.165, 1.54) is 5.56 Å². The second-order valence-electron chi connectivity index (χ2n) is 3.96. The van der Waals surface area contributed by atoms with Crippen LogP contribution in [-0.4, -0.2) is 6.54 Å². The van der Waals surface area contributed by atoms with Crippen molar-refractivity contribution in [1.29, 1.82) is 0 Å². The van der Waals surface area contributed by atoms with Crippen molar-refractivity contribution in [3.05, 3.63) is 33.1 Å². The van der Waals surface area contributed by atoms with Gasteiger partial charge in [-0.25, -0.2) is 4.39 Å². The van der Waals surface area contributed by atoms with E-state index in [2.05, 4.69) is 41.8 Å². The maximum Gasteiger partial charge on any atom is 0.124 e. The first kappa shape index (κ1) is 13.9. The number of halogens is 2. The Morgan fingerprint density at radius 1 is 1.31 bits per heavy atom. The van der Waals surface area contributed by atoms with Crippen molar-refractivity contribution in [3.63, 3.8) is 0 Å². The van der Waals surface area contributed by atoms with Gasteiger partial charge in [0.05, 0.1) is 0 Å². The molecule has 1 atom stereocenters. The minimum atomic E-state index is -0.154. The summed E-state index contributed by atoms with van der Waals surface area (Å²) in [5.41, 5.74) is 1.22. The molecule has 3 heteroatoms. The van der Waals surface area contributed by atoms with Crippen LogP contribution in [0.1, 0.15) is 44.7 Å². The molecule has 0 fully saturated rings. The zero-order chi connectivity index (χ0) is 12.0. The Hall–Kier alpha value is -0.160. The Morgan fingerprint density at radius 3 is 2.62 bits per heavy atom. The van der Waals surface area contributed by atoms with Crippen molar-refractivity contribution < 1.29 is 4.39 Å². The zero-order valence-corrected chi connectivity index (χ0v) is 12.1. The highest BCUT2D eigenvalue weighted by molar-refractivity contribution is 14.1. The van der Waals surface area contributed by atoms with Gasteiger partial charge in [0.15, 0.2) is 0 Å². The number of benzene rings is 1. The van der Waals surface area contributed by atoms with Crippen LogP contribution in [0.3, 0.4) is 0 Å². The van der Waals surface area contributed by atoms with E-state index in [0.29, 0.717) is 6.04 Å². The Bertz CT molecular complexity index is 328. The summed E-state index contributed by atoms with van der Waals surface area (Å²) < 4.78 is 14.0. The van der Waals surface area contributed by atoms with E-state index < -0.39 is 0 Å². The fourth-order valence-corrected chi connectivity index (χ4v) is 2.61. The van der Waals surface area contributed by atoms with Crippen LogP contribution < -0.4 is 5.32 Å². The highest BCUT2D eigenvalue weighted by atomic mass is 127. The summed E-state index contributed by atoms with van der Waals surface area (Å²) in [6, 6.07) is 5.41. The van der Waals surface area contributed by atoms with E-state index in [-0.39, 0.29) is 5.82 Å². The van der Waals surface area contributed by atoms with Gasteiger partial charge in [0.2, 0.25) is 0 Å². The molecule has 0 spiro atoms. The van der Waals surface area contributed by atoms with Crippen LogP contribution in [-0.2, 0) is 0 Å². The van der Waals surface area contributed by atoms with Gasteiger partial charge in [-0.1, -0.05) is 26.3 Å². The van der Waals surface area contributed by atoms with Crippen molar-refractivity contribution in [1.82, 2.24) is 5.32 Å². The summed E-state index contributed by atoms with van der Waals surface area (Å²) in [6.07, 6.45) is 3.36. The molecule has 0 radical (unpaired) electrons. The van der Waals surface area contributed by atoms with Gasteiger partial charge < -0.3 is 5.32 Å². The first-order chi connectivity index (χ1) is 7.69. The smallest absolute Gasteiger partial charge is 0.124 e. The lowest BCUT2D eigenvalue weighted by Crippen LogP contribution is -2.22. The monoisotopic (exact) mass is 335 g/mol. The molecule has 0 aromatic heterocycles. The van der Waals surface area contributed by atoms with Gasteiger partial charge in [0.1, 0.15) is 5.82 Å². The van der Waals surface area contributed by atoms with Crippen LogP contribution in [0.15, 0.2) is 18.2 Å². The number of nitrogens with one attached hydrogen (secondary N) is 1. The molecule has 1 rings (SSSR count). The molecule has 0 saturated carbocycles. The molecule has 1 aromatic carbocycles. The van der Waals surface area contributed by atoms with Crippen LogP contribution in [0.4, 0.5) is 4.39 Å². The molecule has 90 valence electrons. The summed E-state index contributed by atoms with van der Waals surface area (Å²) in [7, 11) is 0. The second-order valence-corrected chi connectivity index (χ2v) is 5.12. The Labute approximate surface area is 111 Å². The molecule has 16 heavy (non-hydrogen) atoms. The first-order valence-corrected chi connectivity index (χ1v) is 6.95. The maximum absolute atomic E-state index is 13.0. The minimum Gasteiger partial charge on any atom is -0.310 e. The average Bonchev–Trinajstić information content (AvgIpc) is 2.25. The van der Waals surface area contributed by atoms with Crippen LogP contribution in [0.5, 0.6) is 0 Å². The molecule has 1 N–H and O–H groups in total. The SMILES string of the molecule is CCCNC(CCC)c1ccc(F)cc1I. The van der Waals surface area contributed by atoms with Gasteiger partial charge in [0, 0.05) is 9.61 Å². The predicted octanol–water partition coefficient (Wildman–Crippen LogP) is 4.27. The molecule has 0 amide bonds. The third-order valence-corrected chi connectivity index (χ3v) is 3.49. The highest BCUT2D eigenvalue weighted by Crippen LogP contribution is 2.24. The average molecular weight is 335 g/mol. The third kappa shape index (κ3) is 4.01. The first-order valence-electron chi connectivity index (χ1n) is 5.87. The Balaban J connectivity index is 2.82. The van der Waals surface area contributed by atoms with E-state index in [9.17, 15) is 4.39 Å². The highest BCUT2D eigenvalue weighted by Gasteiger charge is 2.13. The lowest BCUT2D eigenvalue weighted by atomic mass is 10.0. The Kier molecular flexibility index (Phi) is 6.28. The Morgan fingerprint density at radius 2 is 2.06 bits per heavy atom. The topological polar surface area (TPSA) is 12.0 Å². The summed E-state index contributed by atoms with van der Waals surface area (Å²) in [6.45, 7) is 5.35.